The Bertz CT molecular complexity index is 425. The van der Waals surface area contributed by atoms with E-state index in [1.165, 1.54) is 0 Å². The zero-order valence-corrected chi connectivity index (χ0v) is 11.8. The van der Waals surface area contributed by atoms with Gasteiger partial charge in [-0.1, -0.05) is 0 Å². The molecule has 1 aromatic heterocycles. The van der Waals surface area contributed by atoms with Crippen molar-refractivity contribution in [2.24, 2.45) is 0 Å². The molecule has 1 aliphatic heterocycles. The van der Waals surface area contributed by atoms with E-state index in [-0.39, 0.29) is 17.4 Å². The second kappa shape index (κ2) is 5.84. The van der Waals surface area contributed by atoms with Crippen LogP contribution < -0.4 is 10.6 Å². The fraction of sp³-hybridized carbons (Fsp3) is 0.643. The molecule has 106 valence electrons. The maximum absolute atomic E-state index is 14.3. The number of hydrogen-bond acceptors (Lipinski definition) is 4. The lowest BCUT2D eigenvalue weighted by Crippen LogP contribution is -2.35. The molecule has 1 unspecified atom stereocenters. The molecule has 0 amide bonds. The zero-order valence-electron chi connectivity index (χ0n) is 11.8. The van der Waals surface area contributed by atoms with Gasteiger partial charge in [0, 0.05) is 30.5 Å². The van der Waals surface area contributed by atoms with Crippen LogP contribution in [0.25, 0.3) is 0 Å². The minimum atomic E-state index is -0.272. The lowest BCUT2D eigenvalue weighted by Gasteiger charge is -2.21. The third-order valence-electron chi connectivity index (χ3n) is 3.05. The monoisotopic (exact) mass is 267 g/mol. The van der Waals surface area contributed by atoms with E-state index in [1.54, 1.807) is 12.3 Å². The first-order valence-corrected chi connectivity index (χ1v) is 6.68. The van der Waals surface area contributed by atoms with Crippen LogP contribution in [0.4, 0.5) is 10.2 Å². The van der Waals surface area contributed by atoms with E-state index in [4.69, 9.17) is 4.74 Å². The molecule has 1 aromatic rings. The van der Waals surface area contributed by atoms with Gasteiger partial charge in [-0.05, 0) is 33.3 Å². The number of rotatable bonds is 4. The van der Waals surface area contributed by atoms with Gasteiger partial charge in [0.25, 0.3) is 0 Å². The van der Waals surface area contributed by atoms with Gasteiger partial charge in [-0.3, -0.25) is 0 Å². The van der Waals surface area contributed by atoms with Crippen LogP contribution in [-0.2, 0) is 11.3 Å². The Morgan fingerprint density at radius 2 is 2.26 bits per heavy atom. The Morgan fingerprint density at radius 3 is 2.89 bits per heavy atom. The van der Waals surface area contributed by atoms with Gasteiger partial charge in [0.2, 0.25) is 0 Å². The molecule has 5 heteroatoms. The van der Waals surface area contributed by atoms with E-state index in [9.17, 15) is 4.39 Å². The first-order chi connectivity index (χ1) is 8.96. The minimum Gasteiger partial charge on any atom is -0.379 e. The highest BCUT2D eigenvalue weighted by Gasteiger charge is 2.19. The Labute approximate surface area is 113 Å². The van der Waals surface area contributed by atoms with Crippen LogP contribution in [-0.4, -0.2) is 29.8 Å². The molecular weight excluding hydrogens is 245 g/mol. The highest BCUT2D eigenvalue weighted by molar-refractivity contribution is 5.41. The van der Waals surface area contributed by atoms with Gasteiger partial charge in [-0.25, -0.2) is 9.37 Å². The highest BCUT2D eigenvalue weighted by atomic mass is 19.1. The van der Waals surface area contributed by atoms with Crippen molar-refractivity contribution in [3.8, 4) is 0 Å². The molecule has 1 atom stereocenters. The average Bonchev–Trinajstić information content (AvgIpc) is 2.82. The van der Waals surface area contributed by atoms with Crippen molar-refractivity contribution in [2.45, 2.75) is 45.3 Å². The smallest absolute Gasteiger partial charge is 0.169 e. The van der Waals surface area contributed by atoms with E-state index in [0.717, 1.165) is 13.0 Å². The normalized spacial score (nSPS) is 19.7. The van der Waals surface area contributed by atoms with Gasteiger partial charge in [0.1, 0.15) is 0 Å². The fourth-order valence-corrected chi connectivity index (χ4v) is 1.92. The molecule has 0 saturated carbocycles. The van der Waals surface area contributed by atoms with Crippen LogP contribution in [0.2, 0.25) is 0 Å². The van der Waals surface area contributed by atoms with Crippen LogP contribution in [0.15, 0.2) is 12.3 Å². The Morgan fingerprint density at radius 1 is 1.47 bits per heavy atom. The summed E-state index contributed by atoms with van der Waals surface area (Å²) in [6.45, 7) is 8.01. The number of ether oxygens (including phenoxy) is 1. The van der Waals surface area contributed by atoms with Gasteiger partial charge in [-0.2, -0.15) is 0 Å². The Balaban J connectivity index is 2.04. The molecular formula is C14H22FN3O. The van der Waals surface area contributed by atoms with Crippen LogP contribution >= 0.6 is 0 Å². The summed E-state index contributed by atoms with van der Waals surface area (Å²) in [5.41, 5.74) is 0.592. The summed E-state index contributed by atoms with van der Waals surface area (Å²) in [7, 11) is 0. The predicted octanol–water partition coefficient (Wildman–Crippen LogP) is 2.31. The molecule has 2 rings (SSSR count). The SMILES string of the molecule is CC(C)(C)NCc1ccnc(NC2CCOC2)c1F. The van der Waals surface area contributed by atoms with Crippen molar-refractivity contribution < 1.29 is 9.13 Å². The molecule has 1 fully saturated rings. The average molecular weight is 267 g/mol. The molecule has 19 heavy (non-hydrogen) atoms. The van der Waals surface area contributed by atoms with Crippen molar-refractivity contribution >= 4 is 5.82 Å². The van der Waals surface area contributed by atoms with Crippen molar-refractivity contribution in [1.82, 2.24) is 10.3 Å². The molecule has 0 bridgehead atoms. The van der Waals surface area contributed by atoms with Crippen LogP contribution in [0.5, 0.6) is 0 Å². The first kappa shape index (κ1) is 14.2. The van der Waals surface area contributed by atoms with Gasteiger partial charge >= 0.3 is 0 Å². The minimum absolute atomic E-state index is 0.0391. The second-order valence-electron chi connectivity index (χ2n) is 5.94. The summed E-state index contributed by atoms with van der Waals surface area (Å²) in [4.78, 5) is 4.08. The van der Waals surface area contributed by atoms with Crippen molar-refractivity contribution in [2.75, 3.05) is 18.5 Å². The van der Waals surface area contributed by atoms with E-state index < -0.39 is 0 Å². The molecule has 0 aromatic carbocycles. The van der Waals surface area contributed by atoms with Gasteiger partial charge in [0.05, 0.1) is 12.6 Å². The van der Waals surface area contributed by atoms with Crippen molar-refractivity contribution in [3.63, 3.8) is 0 Å². The number of pyridine rings is 1. The summed E-state index contributed by atoms with van der Waals surface area (Å²) in [5.74, 6) is 0.0508. The fourth-order valence-electron chi connectivity index (χ4n) is 1.92. The highest BCUT2D eigenvalue weighted by Crippen LogP contribution is 2.18. The first-order valence-electron chi connectivity index (χ1n) is 6.68. The topological polar surface area (TPSA) is 46.2 Å². The van der Waals surface area contributed by atoms with Crippen LogP contribution in [0, 0.1) is 5.82 Å². The lowest BCUT2D eigenvalue weighted by molar-refractivity contribution is 0.195. The van der Waals surface area contributed by atoms with E-state index in [0.29, 0.717) is 24.5 Å². The van der Waals surface area contributed by atoms with Crippen LogP contribution in [0.1, 0.15) is 32.8 Å². The summed E-state index contributed by atoms with van der Waals surface area (Å²) in [6, 6.07) is 1.87. The number of anilines is 1. The summed E-state index contributed by atoms with van der Waals surface area (Å²) >= 11 is 0. The van der Waals surface area contributed by atoms with Gasteiger partial charge in [-0.15, -0.1) is 0 Å². The van der Waals surface area contributed by atoms with E-state index in [2.05, 4.69) is 36.4 Å². The number of nitrogens with zero attached hydrogens (tertiary/aromatic N) is 1. The summed E-state index contributed by atoms with van der Waals surface area (Å²) in [6.07, 6.45) is 2.53. The van der Waals surface area contributed by atoms with Crippen LogP contribution in [0.3, 0.4) is 0 Å². The maximum Gasteiger partial charge on any atom is 0.169 e. The largest absolute Gasteiger partial charge is 0.379 e. The number of halogens is 1. The van der Waals surface area contributed by atoms with Gasteiger partial charge in [0.15, 0.2) is 11.6 Å². The molecule has 4 nitrogen and oxygen atoms in total. The molecule has 1 saturated heterocycles. The molecule has 1 aliphatic rings. The third kappa shape index (κ3) is 4.14. The second-order valence-corrected chi connectivity index (χ2v) is 5.94. The van der Waals surface area contributed by atoms with E-state index in [1.807, 2.05) is 0 Å². The zero-order chi connectivity index (χ0) is 13.9. The maximum atomic E-state index is 14.3. The molecule has 2 heterocycles. The van der Waals surface area contributed by atoms with Crippen molar-refractivity contribution in [3.05, 3.63) is 23.6 Å². The summed E-state index contributed by atoms with van der Waals surface area (Å²) < 4.78 is 19.6. The standard InChI is InChI=1S/C14H22FN3O/c1-14(2,3)17-8-10-4-6-16-13(12(10)15)18-11-5-7-19-9-11/h4,6,11,17H,5,7-9H2,1-3H3,(H,16,18). The molecule has 2 N–H and O–H groups in total. The Kier molecular flexibility index (Phi) is 4.37. The summed E-state index contributed by atoms with van der Waals surface area (Å²) in [5, 5.41) is 6.39. The number of aromatic nitrogens is 1. The third-order valence-corrected chi connectivity index (χ3v) is 3.05. The number of nitrogens with one attached hydrogen (secondary N) is 2. The van der Waals surface area contributed by atoms with Gasteiger partial charge < -0.3 is 15.4 Å². The predicted molar refractivity (Wildman–Crippen MR) is 73.6 cm³/mol. The molecule has 0 spiro atoms. The quantitative estimate of drug-likeness (QED) is 0.879. The van der Waals surface area contributed by atoms with Crippen molar-refractivity contribution in [1.29, 1.82) is 0 Å². The number of hydrogen-bond donors (Lipinski definition) is 2. The Hall–Kier alpha value is -1.20. The molecule has 0 radical (unpaired) electrons. The van der Waals surface area contributed by atoms with E-state index >= 15 is 0 Å². The molecule has 0 aliphatic carbocycles. The lowest BCUT2D eigenvalue weighted by atomic mass is 10.1.